The van der Waals surface area contributed by atoms with Gasteiger partial charge in [0.25, 0.3) is 5.91 Å². The molecule has 0 saturated heterocycles. The Morgan fingerprint density at radius 1 is 1.03 bits per heavy atom. The molecule has 4 rings (SSSR count). The van der Waals surface area contributed by atoms with Gasteiger partial charge in [0, 0.05) is 17.3 Å². The van der Waals surface area contributed by atoms with Gasteiger partial charge in [0.05, 0.1) is 23.7 Å². The van der Waals surface area contributed by atoms with Gasteiger partial charge in [0.15, 0.2) is 6.10 Å². The molecule has 1 atom stereocenters. The number of ether oxygens (including phenoxy) is 2. The molecule has 32 heavy (non-hydrogen) atoms. The van der Waals surface area contributed by atoms with E-state index in [1.54, 1.807) is 56.5 Å². The normalized spacial score (nSPS) is 11.7. The third-order valence-corrected chi connectivity index (χ3v) is 5.04. The predicted octanol–water partition coefficient (Wildman–Crippen LogP) is 4.81. The van der Waals surface area contributed by atoms with E-state index in [4.69, 9.17) is 9.47 Å². The number of anilines is 1. The Labute approximate surface area is 185 Å². The smallest absolute Gasteiger partial charge is 0.339 e. The minimum atomic E-state index is -0.947. The summed E-state index contributed by atoms with van der Waals surface area (Å²) in [6, 6.07) is 21.7. The number of rotatable bonds is 7. The van der Waals surface area contributed by atoms with Gasteiger partial charge < -0.3 is 19.8 Å². The zero-order valence-electron chi connectivity index (χ0n) is 17.8. The number of amides is 1. The number of hydrogen-bond acceptors (Lipinski definition) is 5. The molecule has 3 aromatic carbocycles. The number of fused-ring (bicyclic) bond motifs is 1. The molecule has 7 heteroatoms. The second-order valence-electron chi connectivity index (χ2n) is 7.17. The fourth-order valence-electron chi connectivity index (χ4n) is 3.39. The molecule has 1 amide bonds. The van der Waals surface area contributed by atoms with Gasteiger partial charge in [-0.3, -0.25) is 4.79 Å². The standard InChI is InChI=1S/C25H23N3O4/c1-3-22(24(29)26-16-9-8-10-17(15-16)31-2)32-25(30)19-12-5-4-11-18(19)23-27-20-13-6-7-14-21(20)28-23/h4-15,22H,3H2,1-2H3,(H,26,29)(H,27,28). The monoisotopic (exact) mass is 429 g/mol. The van der Waals surface area contributed by atoms with E-state index in [2.05, 4.69) is 15.3 Å². The van der Waals surface area contributed by atoms with Crippen LogP contribution >= 0.6 is 0 Å². The summed E-state index contributed by atoms with van der Waals surface area (Å²) in [6.45, 7) is 1.79. The number of nitrogens with zero attached hydrogens (tertiary/aromatic N) is 1. The van der Waals surface area contributed by atoms with Crippen LogP contribution in [0, 0.1) is 0 Å². The molecule has 0 bridgehead atoms. The van der Waals surface area contributed by atoms with E-state index >= 15 is 0 Å². The molecule has 0 aliphatic heterocycles. The van der Waals surface area contributed by atoms with E-state index in [0.717, 1.165) is 11.0 Å². The quantitative estimate of drug-likeness (QED) is 0.411. The molecule has 0 fully saturated rings. The van der Waals surface area contributed by atoms with Crippen molar-refractivity contribution in [2.75, 3.05) is 12.4 Å². The Balaban J connectivity index is 1.54. The van der Waals surface area contributed by atoms with Crippen LogP contribution in [-0.2, 0) is 9.53 Å². The van der Waals surface area contributed by atoms with E-state index in [1.165, 1.54) is 0 Å². The van der Waals surface area contributed by atoms with Gasteiger partial charge in [0.1, 0.15) is 11.6 Å². The molecule has 7 nitrogen and oxygen atoms in total. The number of carbonyl (C=O) groups excluding carboxylic acids is 2. The van der Waals surface area contributed by atoms with Gasteiger partial charge >= 0.3 is 5.97 Å². The van der Waals surface area contributed by atoms with E-state index in [0.29, 0.717) is 34.8 Å². The van der Waals surface area contributed by atoms with Crippen molar-refractivity contribution in [3.63, 3.8) is 0 Å². The van der Waals surface area contributed by atoms with Gasteiger partial charge in [0.2, 0.25) is 0 Å². The number of benzene rings is 3. The van der Waals surface area contributed by atoms with Crippen molar-refractivity contribution in [2.45, 2.75) is 19.4 Å². The minimum absolute atomic E-state index is 0.328. The molecule has 2 N–H and O–H groups in total. The van der Waals surface area contributed by atoms with Gasteiger partial charge in [-0.2, -0.15) is 0 Å². The Bertz CT molecular complexity index is 1230. The highest BCUT2D eigenvalue weighted by atomic mass is 16.5. The molecule has 4 aromatic rings. The molecular formula is C25H23N3O4. The van der Waals surface area contributed by atoms with Crippen LogP contribution in [-0.4, -0.2) is 35.1 Å². The summed E-state index contributed by atoms with van der Waals surface area (Å²) in [6.07, 6.45) is -0.619. The van der Waals surface area contributed by atoms with Crippen molar-refractivity contribution in [1.82, 2.24) is 9.97 Å². The van der Waals surface area contributed by atoms with Crippen LogP contribution < -0.4 is 10.1 Å². The number of aromatic nitrogens is 2. The molecule has 0 saturated carbocycles. The zero-order valence-corrected chi connectivity index (χ0v) is 17.8. The van der Waals surface area contributed by atoms with Crippen molar-refractivity contribution < 1.29 is 19.1 Å². The number of nitrogens with one attached hydrogen (secondary N) is 2. The molecule has 1 heterocycles. The molecule has 1 aromatic heterocycles. The molecule has 0 radical (unpaired) electrons. The number of imidazole rings is 1. The van der Waals surface area contributed by atoms with Crippen molar-refractivity contribution >= 4 is 28.6 Å². The maximum atomic E-state index is 13.0. The second-order valence-corrected chi connectivity index (χ2v) is 7.17. The number of carbonyl (C=O) groups is 2. The van der Waals surface area contributed by atoms with Crippen LogP contribution in [0.4, 0.5) is 5.69 Å². The van der Waals surface area contributed by atoms with Crippen LogP contribution in [0.2, 0.25) is 0 Å². The number of para-hydroxylation sites is 2. The highest BCUT2D eigenvalue weighted by Gasteiger charge is 2.24. The lowest BCUT2D eigenvalue weighted by atomic mass is 10.1. The predicted molar refractivity (Wildman–Crippen MR) is 123 cm³/mol. The summed E-state index contributed by atoms with van der Waals surface area (Å²) < 4.78 is 10.8. The number of esters is 1. The van der Waals surface area contributed by atoms with Gasteiger partial charge in [-0.05, 0) is 36.8 Å². The first-order valence-electron chi connectivity index (χ1n) is 10.3. The lowest BCUT2D eigenvalue weighted by Crippen LogP contribution is -2.32. The topological polar surface area (TPSA) is 93.3 Å². The van der Waals surface area contributed by atoms with Gasteiger partial charge in [-0.1, -0.05) is 43.3 Å². The first kappa shape index (κ1) is 21.1. The SMILES string of the molecule is CCC(OC(=O)c1ccccc1-c1nc2ccccc2[nH]1)C(=O)Nc1cccc(OC)c1. The number of aromatic amines is 1. The number of hydrogen-bond donors (Lipinski definition) is 2. The second kappa shape index (κ2) is 9.34. The summed E-state index contributed by atoms with van der Waals surface area (Å²) in [5.41, 5.74) is 3.17. The summed E-state index contributed by atoms with van der Waals surface area (Å²) in [7, 11) is 1.55. The van der Waals surface area contributed by atoms with Crippen LogP contribution in [0.15, 0.2) is 72.8 Å². The van der Waals surface area contributed by atoms with Crippen molar-refractivity contribution in [3.05, 3.63) is 78.4 Å². The van der Waals surface area contributed by atoms with Crippen molar-refractivity contribution in [1.29, 1.82) is 0 Å². The summed E-state index contributed by atoms with van der Waals surface area (Å²) in [4.78, 5) is 33.6. The average Bonchev–Trinajstić information content (AvgIpc) is 3.26. The van der Waals surface area contributed by atoms with Crippen LogP contribution in [0.1, 0.15) is 23.7 Å². The Kier molecular flexibility index (Phi) is 6.17. The van der Waals surface area contributed by atoms with Crippen LogP contribution in [0.5, 0.6) is 5.75 Å². The maximum absolute atomic E-state index is 13.0. The third kappa shape index (κ3) is 4.46. The van der Waals surface area contributed by atoms with Crippen LogP contribution in [0.3, 0.4) is 0 Å². The Morgan fingerprint density at radius 3 is 2.59 bits per heavy atom. The summed E-state index contributed by atoms with van der Waals surface area (Å²) in [5, 5.41) is 2.77. The summed E-state index contributed by atoms with van der Waals surface area (Å²) >= 11 is 0. The van der Waals surface area contributed by atoms with Crippen LogP contribution in [0.25, 0.3) is 22.4 Å². The highest BCUT2D eigenvalue weighted by molar-refractivity contribution is 6.00. The summed E-state index contributed by atoms with van der Waals surface area (Å²) in [5.74, 6) is 0.184. The Morgan fingerprint density at radius 2 is 1.81 bits per heavy atom. The van der Waals surface area contributed by atoms with Gasteiger partial charge in [-0.25, -0.2) is 9.78 Å². The lowest BCUT2D eigenvalue weighted by molar-refractivity contribution is -0.124. The first-order valence-corrected chi connectivity index (χ1v) is 10.3. The number of H-pyrrole nitrogens is 1. The van der Waals surface area contributed by atoms with E-state index in [9.17, 15) is 9.59 Å². The highest BCUT2D eigenvalue weighted by Crippen LogP contribution is 2.25. The minimum Gasteiger partial charge on any atom is -0.497 e. The fourth-order valence-corrected chi connectivity index (χ4v) is 3.39. The molecule has 0 aliphatic rings. The Hall–Kier alpha value is -4.13. The van der Waals surface area contributed by atoms with Crippen molar-refractivity contribution in [2.24, 2.45) is 0 Å². The first-order chi connectivity index (χ1) is 15.6. The average molecular weight is 429 g/mol. The van der Waals surface area contributed by atoms with E-state index in [1.807, 2.05) is 30.3 Å². The molecule has 0 aliphatic carbocycles. The molecule has 1 unspecified atom stereocenters. The largest absolute Gasteiger partial charge is 0.497 e. The molecule has 162 valence electrons. The zero-order chi connectivity index (χ0) is 22.5. The number of methoxy groups -OCH3 is 1. The third-order valence-electron chi connectivity index (χ3n) is 5.04. The fraction of sp³-hybridized carbons (Fsp3) is 0.160. The maximum Gasteiger partial charge on any atom is 0.339 e. The van der Waals surface area contributed by atoms with Crippen molar-refractivity contribution in [3.8, 4) is 17.1 Å². The van der Waals surface area contributed by atoms with Gasteiger partial charge in [-0.15, -0.1) is 0 Å². The molecule has 0 spiro atoms. The van der Waals surface area contributed by atoms with E-state index < -0.39 is 18.0 Å². The van der Waals surface area contributed by atoms with E-state index in [-0.39, 0.29) is 0 Å². The molecular weight excluding hydrogens is 406 g/mol. The lowest BCUT2D eigenvalue weighted by Gasteiger charge is -2.17.